The fourth-order valence-electron chi connectivity index (χ4n) is 15.3. The summed E-state index contributed by atoms with van der Waals surface area (Å²) in [5.74, 6) is 1.81. The Morgan fingerprint density at radius 3 is 1.04 bits per heavy atom. The minimum atomic E-state index is -0.701. The molecule has 84 heavy (non-hydrogen) atoms. The molecule has 0 radical (unpaired) electrons. The zero-order valence-electron chi connectivity index (χ0n) is 51.3. The van der Waals surface area contributed by atoms with Gasteiger partial charge in [0.1, 0.15) is 11.5 Å². The van der Waals surface area contributed by atoms with Gasteiger partial charge in [0.25, 0.3) is 0 Å². The normalized spacial score (nSPS) is 15.8. The van der Waals surface area contributed by atoms with Crippen molar-refractivity contribution in [3.8, 4) is 44.9 Å². The molecule has 15 rings (SSSR count). The van der Waals surface area contributed by atoms with Gasteiger partial charge in [0.15, 0.2) is 0 Å². The Hall–Kier alpha value is -7.85. The SMILES string of the molecule is CC(C)(C)c1ccc2c(c1)C1(c3cc(C(C)(C)C)ccc3O2)c2ccccc2-c2ccc(N(c3ccc4c(c3)C(C)(C)c3ccccc3-4)c3ccc4c(c3)C3(c5cc(C(C)(C)C)ccc5Sc5ccc(C(C)(C)C)cc53)c3ccccc3-4)cc21. The molecule has 2 heterocycles. The van der Waals surface area contributed by atoms with E-state index in [9.17, 15) is 0 Å². The first-order valence-electron chi connectivity index (χ1n) is 30.4. The molecule has 10 aromatic carbocycles. The van der Waals surface area contributed by atoms with E-state index in [2.05, 4.69) is 302 Å². The van der Waals surface area contributed by atoms with E-state index in [-0.39, 0.29) is 27.1 Å². The van der Waals surface area contributed by atoms with Gasteiger partial charge in [0.05, 0.1) is 10.8 Å². The van der Waals surface area contributed by atoms with Crippen molar-refractivity contribution in [3.63, 3.8) is 0 Å². The fraction of sp³-hybridized carbons (Fsp3) is 0.259. The summed E-state index contributed by atoms with van der Waals surface area (Å²) >= 11 is 1.93. The van der Waals surface area contributed by atoms with Gasteiger partial charge in [-0.2, -0.15) is 0 Å². The monoisotopic (exact) mass is 1110 g/mol. The van der Waals surface area contributed by atoms with Gasteiger partial charge in [0, 0.05) is 43.4 Å². The predicted molar refractivity (Wildman–Crippen MR) is 352 cm³/mol. The van der Waals surface area contributed by atoms with Gasteiger partial charge in [0.2, 0.25) is 0 Å². The Labute approximate surface area is 503 Å². The average Bonchev–Trinajstić information content (AvgIpc) is 1.46. The summed E-state index contributed by atoms with van der Waals surface area (Å²) in [6.45, 7) is 32.9. The Kier molecular flexibility index (Phi) is 11.1. The Morgan fingerprint density at radius 2 is 0.619 bits per heavy atom. The van der Waals surface area contributed by atoms with Crippen molar-refractivity contribution in [2.24, 2.45) is 0 Å². The maximum absolute atomic E-state index is 7.15. The van der Waals surface area contributed by atoms with Crippen molar-refractivity contribution >= 4 is 28.8 Å². The van der Waals surface area contributed by atoms with Crippen molar-refractivity contribution in [2.75, 3.05) is 4.90 Å². The van der Waals surface area contributed by atoms with Crippen LogP contribution in [0.2, 0.25) is 0 Å². The molecule has 0 saturated carbocycles. The number of anilines is 3. The second-order valence-electron chi connectivity index (χ2n) is 29.3. The third-order valence-electron chi connectivity index (χ3n) is 19.8. The molecule has 3 heteroatoms. The molecule has 10 aromatic rings. The van der Waals surface area contributed by atoms with E-state index < -0.39 is 10.8 Å². The summed E-state index contributed by atoms with van der Waals surface area (Å²) < 4.78 is 7.15. The molecule has 416 valence electrons. The van der Waals surface area contributed by atoms with Crippen molar-refractivity contribution in [1.29, 1.82) is 0 Å². The molecular weight excluding hydrogens is 1030 g/mol. The molecule has 0 saturated heterocycles. The van der Waals surface area contributed by atoms with Crippen LogP contribution in [-0.2, 0) is 37.9 Å². The first-order chi connectivity index (χ1) is 39.9. The molecule has 2 nitrogen and oxygen atoms in total. The lowest BCUT2D eigenvalue weighted by atomic mass is 9.64. The van der Waals surface area contributed by atoms with Crippen molar-refractivity contribution < 1.29 is 4.74 Å². The zero-order chi connectivity index (χ0) is 58.4. The molecule has 0 unspecified atom stereocenters. The van der Waals surface area contributed by atoms with Gasteiger partial charge < -0.3 is 9.64 Å². The van der Waals surface area contributed by atoms with Gasteiger partial charge in [-0.05, 0) is 195 Å². The number of hydrogen-bond donors (Lipinski definition) is 0. The largest absolute Gasteiger partial charge is 0.457 e. The molecule has 3 aliphatic carbocycles. The van der Waals surface area contributed by atoms with Crippen LogP contribution in [0.4, 0.5) is 17.1 Å². The highest BCUT2D eigenvalue weighted by Gasteiger charge is 2.54. The number of hydrogen-bond acceptors (Lipinski definition) is 3. The first-order valence-corrected chi connectivity index (χ1v) is 31.2. The highest BCUT2D eigenvalue weighted by Crippen LogP contribution is 2.66. The van der Waals surface area contributed by atoms with Crippen LogP contribution in [-0.4, -0.2) is 0 Å². The second kappa shape index (κ2) is 17.6. The standard InChI is InChI=1S/C81H75NOS/c1-75(2,3)48-27-37-71-67(41-48)80(68-42-49(76(4,5)6)28-38-72(68)83-71)62-25-19-16-22-56(62)59-35-32-53(46-65(59)80)82(52-31-34-58-55-21-15-18-24-61(55)79(13,14)64(58)45-52)54-33-36-60-57-23-17-20-26-63(57)81(66(60)47-54)69-43-50(77(7,8)9)29-39-73(69)84-74-40-30-51(44-70(74)81)78(10,11)12/h15-47H,1-14H3. The van der Waals surface area contributed by atoms with Crippen LogP contribution in [0.3, 0.4) is 0 Å². The number of benzene rings is 10. The molecule has 2 aliphatic heterocycles. The Bertz CT molecular complexity index is 4100. The lowest BCUT2D eigenvalue weighted by Crippen LogP contribution is -2.33. The predicted octanol–water partition coefficient (Wildman–Crippen LogP) is 21.9. The number of ether oxygens (including phenoxy) is 1. The van der Waals surface area contributed by atoms with E-state index in [0.717, 1.165) is 28.6 Å². The van der Waals surface area contributed by atoms with E-state index in [1.54, 1.807) is 0 Å². The van der Waals surface area contributed by atoms with Crippen LogP contribution in [0.15, 0.2) is 210 Å². The van der Waals surface area contributed by atoms with Gasteiger partial charge in [-0.25, -0.2) is 0 Å². The molecule has 2 spiro atoms. The van der Waals surface area contributed by atoms with Gasteiger partial charge in [-0.3, -0.25) is 0 Å². The number of nitrogens with zero attached hydrogens (tertiary/aromatic N) is 1. The van der Waals surface area contributed by atoms with E-state index in [4.69, 9.17) is 4.74 Å². The van der Waals surface area contributed by atoms with E-state index in [1.807, 2.05) is 11.8 Å². The zero-order valence-corrected chi connectivity index (χ0v) is 52.1. The Balaban J connectivity index is 1.04. The maximum atomic E-state index is 7.15. The van der Waals surface area contributed by atoms with Gasteiger partial charge in [-0.1, -0.05) is 236 Å². The molecule has 0 N–H and O–H groups in total. The van der Waals surface area contributed by atoms with Crippen LogP contribution in [0, 0.1) is 0 Å². The quantitative estimate of drug-likeness (QED) is 0.175. The fourth-order valence-corrected chi connectivity index (χ4v) is 16.4. The van der Waals surface area contributed by atoms with Crippen molar-refractivity contribution in [2.45, 2.75) is 145 Å². The lowest BCUT2D eigenvalue weighted by molar-refractivity contribution is 0.433. The second-order valence-corrected chi connectivity index (χ2v) is 30.4. The molecule has 0 atom stereocenters. The molecule has 0 aromatic heterocycles. The topological polar surface area (TPSA) is 12.5 Å². The minimum absolute atomic E-state index is 0.0618. The van der Waals surface area contributed by atoms with Crippen molar-refractivity contribution in [3.05, 3.63) is 278 Å². The van der Waals surface area contributed by atoms with Crippen LogP contribution in [0.25, 0.3) is 33.4 Å². The molecule has 5 aliphatic rings. The highest BCUT2D eigenvalue weighted by atomic mass is 32.2. The van der Waals surface area contributed by atoms with E-state index >= 15 is 0 Å². The third-order valence-corrected chi connectivity index (χ3v) is 21.0. The maximum Gasteiger partial charge on any atom is 0.132 e. The summed E-state index contributed by atoms with van der Waals surface area (Å²) in [7, 11) is 0. The lowest BCUT2D eigenvalue weighted by Gasteiger charge is -2.42. The average molecular weight is 1110 g/mol. The third kappa shape index (κ3) is 7.36. The molecule has 0 bridgehead atoms. The van der Waals surface area contributed by atoms with Crippen LogP contribution in [0.1, 0.15) is 175 Å². The van der Waals surface area contributed by atoms with Crippen LogP contribution < -0.4 is 9.64 Å². The van der Waals surface area contributed by atoms with Crippen molar-refractivity contribution in [1.82, 2.24) is 0 Å². The molecule has 0 fully saturated rings. The summed E-state index contributed by atoms with van der Waals surface area (Å²) in [5, 5.41) is 0. The summed E-state index contributed by atoms with van der Waals surface area (Å²) in [6, 6.07) is 78.5. The first kappa shape index (κ1) is 52.9. The van der Waals surface area contributed by atoms with E-state index in [1.165, 1.54) is 121 Å². The summed E-state index contributed by atoms with van der Waals surface area (Å²) in [4.78, 5) is 5.23. The van der Waals surface area contributed by atoms with Crippen LogP contribution in [0.5, 0.6) is 11.5 Å². The number of rotatable bonds is 3. The minimum Gasteiger partial charge on any atom is -0.457 e. The summed E-state index contributed by atoms with van der Waals surface area (Å²) in [6.07, 6.45) is 0. The number of fused-ring (bicyclic) bond motifs is 21. The summed E-state index contributed by atoms with van der Waals surface area (Å²) in [5.41, 5.74) is 27.5. The van der Waals surface area contributed by atoms with Crippen LogP contribution >= 0.6 is 11.8 Å². The highest BCUT2D eigenvalue weighted by molar-refractivity contribution is 7.99. The van der Waals surface area contributed by atoms with Gasteiger partial charge in [-0.15, -0.1) is 0 Å². The smallest absolute Gasteiger partial charge is 0.132 e. The molecule has 0 amide bonds. The molecular formula is C81H75NOS. The Morgan fingerprint density at radius 1 is 0.298 bits per heavy atom. The van der Waals surface area contributed by atoms with Gasteiger partial charge >= 0.3 is 0 Å². The van der Waals surface area contributed by atoms with E-state index in [0.29, 0.717) is 0 Å².